The molecule has 0 aromatic heterocycles. The minimum atomic E-state index is 0.0925. The van der Waals surface area contributed by atoms with Gasteiger partial charge in [0.05, 0.1) is 10.0 Å². The van der Waals surface area contributed by atoms with E-state index in [1.165, 1.54) is 5.56 Å². The van der Waals surface area contributed by atoms with Crippen LogP contribution >= 0.6 is 35.8 Å². The van der Waals surface area contributed by atoms with Gasteiger partial charge in [0, 0.05) is 18.6 Å². The highest BCUT2D eigenvalue weighted by molar-refractivity contribution is 7.79. The van der Waals surface area contributed by atoms with Crippen LogP contribution in [0.1, 0.15) is 31.2 Å². The van der Waals surface area contributed by atoms with Crippen molar-refractivity contribution in [3.05, 3.63) is 33.8 Å². The standard InChI is InChI=1S/C14H19Cl2NO.CH4S/c15-12-4-3-11(9-13(12)16)14(6-2-8-18)5-1-7-17-10-14;1-2/h3-4,9,17-18H,1-2,5-8,10H2;2H,1H3. The lowest BCUT2D eigenvalue weighted by Gasteiger charge is -2.38. The fourth-order valence-corrected chi connectivity index (χ4v) is 3.11. The maximum absolute atomic E-state index is 9.09. The number of hydrogen-bond acceptors (Lipinski definition) is 3. The number of aliphatic hydroxyl groups excluding tert-OH is 1. The molecule has 0 amide bonds. The summed E-state index contributed by atoms with van der Waals surface area (Å²) in [5.74, 6) is 0. The van der Waals surface area contributed by atoms with Crippen LogP contribution in [0.4, 0.5) is 0 Å². The van der Waals surface area contributed by atoms with Crippen molar-refractivity contribution in [2.75, 3.05) is 26.0 Å². The molecule has 1 unspecified atom stereocenters. The van der Waals surface area contributed by atoms with Gasteiger partial charge in [0.2, 0.25) is 0 Å². The number of nitrogens with one attached hydrogen (secondary N) is 1. The molecule has 1 aliphatic heterocycles. The molecule has 20 heavy (non-hydrogen) atoms. The Balaban J connectivity index is 0.000000956. The summed E-state index contributed by atoms with van der Waals surface area (Å²) in [5.41, 5.74) is 1.33. The number of halogens is 2. The summed E-state index contributed by atoms with van der Waals surface area (Å²) in [4.78, 5) is 0. The van der Waals surface area contributed by atoms with E-state index in [4.69, 9.17) is 28.3 Å². The van der Waals surface area contributed by atoms with Crippen LogP contribution in [0.2, 0.25) is 10.0 Å². The topological polar surface area (TPSA) is 32.3 Å². The highest BCUT2D eigenvalue weighted by Crippen LogP contribution is 2.38. The van der Waals surface area contributed by atoms with Crippen LogP contribution in [-0.2, 0) is 5.41 Å². The smallest absolute Gasteiger partial charge is 0.0595 e. The molecule has 1 aromatic carbocycles. The minimum absolute atomic E-state index is 0.0925. The predicted molar refractivity (Wildman–Crippen MR) is 91.5 cm³/mol. The second kappa shape index (κ2) is 9.16. The van der Waals surface area contributed by atoms with E-state index in [1.807, 2.05) is 12.1 Å². The van der Waals surface area contributed by atoms with E-state index in [0.29, 0.717) is 10.0 Å². The molecule has 114 valence electrons. The van der Waals surface area contributed by atoms with E-state index in [0.717, 1.165) is 38.8 Å². The monoisotopic (exact) mass is 335 g/mol. The van der Waals surface area contributed by atoms with Crippen molar-refractivity contribution in [2.45, 2.75) is 31.1 Å². The molecule has 1 heterocycles. The first-order chi connectivity index (χ1) is 9.68. The average molecular weight is 336 g/mol. The predicted octanol–water partition coefficient (Wildman–Crippen LogP) is 3.93. The van der Waals surface area contributed by atoms with Crippen LogP contribution < -0.4 is 5.32 Å². The van der Waals surface area contributed by atoms with Gasteiger partial charge in [-0.15, -0.1) is 0 Å². The number of hydrogen-bond donors (Lipinski definition) is 3. The van der Waals surface area contributed by atoms with Crippen LogP contribution in [0, 0.1) is 0 Å². The van der Waals surface area contributed by atoms with Gasteiger partial charge in [-0.3, -0.25) is 0 Å². The molecule has 2 nitrogen and oxygen atoms in total. The van der Waals surface area contributed by atoms with Crippen LogP contribution in [-0.4, -0.2) is 31.1 Å². The maximum Gasteiger partial charge on any atom is 0.0595 e. The van der Waals surface area contributed by atoms with E-state index >= 15 is 0 Å². The molecule has 0 bridgehead atoms. The van der Waals surface area contributed by atoms with Crippen molar-refractivity contribution in [3.63, 3.8) is 0 Å². The van der Waals surface area contributed by atoms with E-state index in [-0.39, 0.29) is 12.0 Å². The maximum atomic E-state index is 9.09. The Kier molecular flexibility index (Phi) is 8.30. The van der Waals surface area contributed by atoms with E-state index in [9.17, 15) is 0 Å². The van der Waals surface area contributed by atoms with E-state index in [1.54, 1.807) is 6.26 Å². The summed E-state index contributed by atoms with van der Waals surface area (Å²) < 4.78 is 0. The summed E-state index contributed by atoms with van der Waals surface area (Å²) in [7, 11) is 0. The summed E-state index contributed by atoms with van der Waals surface area (Å²) in [6, 6.07) is 5.92. The first-order valence-electron chi connectivity index (χ1n) is 6.90. The molecule has 0 saturated carbocycles. The number of piperidine rings is 1. The molecule has 1 aliphatic rings. The van der Waals surface area contributed by atoms with Gasteiger partial charge in [-0.1, -0.05) is 29.3 Å². The highest BCUT2D eigenvalue weighted by Gasteiger charge is 2.33. The van der Waals surface area contributed by atoms with Gasteiger partial charge < -0.3 is 10.4 Å². The zero-order valence-corrected chi connectivity index (χ0v) is 14.2. The molecule has 1 atom stereocenters. The zero-order chi connectivity index (χ0) is 15.0. The summed E-state index contributed by atoms with van der Waals surface area (Å²) in [6.07, 6.45) is 5.79. The third kappa shape index (κ3) is 4.54. The second-order valence-corrected chi connectivity index (χ2v) is 5.83. The molecule has 1 saturated heterocycles. The van der Waals surface area contributed by atoms with Crippen molar-refractivity contribution in [2.24, 2.45) is 0 Å². The average Bonchev–Trinajstić information content (AvgIpc) is 2.51. The fourth-order valence-electron chi connectivity index (χ4n) is 2.82. The van der Waals surface area contributed by atoms with Crippen molar-refractivity contribution in [3.8, 4) is 0 Å². The van der Waals surface area contributed by atoms with Crippen molar-refractivity contribution < 1.29 is 5.11 Å². The Labute approximate surface area is 137 Å². The minimum Gasteiger partial charge on any atom is -0.396 e. The molecular weight excluding hydrogens is 313 g/mol. The lowest BCUT2D eigenvalue weighted by molar-refractivity contribution is 0.234. The molecule has 1 fully saturated rings. The molecular formula is C15H23Cl2NOS. The van der Waals surface area contributed by atoms with Crippen molar-refractivity contribution in [1.82, 2.24) is 5.32 Å². The Hall–Kier alpha value is 0.0700. The molecule has 5 heteroatoms. The first kappa shape index (κ1) is 18.1. The Morgan fingerprint density at radius 1 is 1.30 bits per heavy atom. The number of rotatable bonds is 4. The van der Waals surface area contributed by atoms with Crippen LogP contribution in [0.15, 0.2) is 18.2 Å². The summed E-state index contributed by atoms with van der Waals surface area (Å²) in [5, 5.41) is 13.8. The van der Waals surface area contributed by atoms with Crippen LogP contribution in [0.3, 0.4) is 0 Å². The van der Waals surface area contributed by atoms with Gasteiger partial charge >= 0.3 is 0 Å². The van der Waals surface area contributed by atoms with Gasteiger partial charge in [0.25, 0.3) is 0 Å². The number of benzene rings is 1. The van der Waals surface area contributed by atoms with Crippen molar-refractivity contribution >= 4 is 35.8 Å². The van der Waals surface area contributed by atoms with E-state index < -0.39 is 0 Å². The second-order valence-electron chi connectivity index (χ2n) is 5.02. The summed E-state index contributed by atoms with van der Waals surface area (Å²) in [6.45, 7) is 2.26. The Morgan fingerprint density at radius 3 is 2.60 bits per heavy atom. The van der Waals surface area contributed by atoms with Gasteiger partial charge in [0.15, 0.2) is 0 Å². The zero-order valence-electron chi connectivity index (χ0n) is 11.8. The van der Waals surface area contributed by atoms with Gasteiger partial charge in [-0.25, -0.2) is 0 Å². The molecule has 0 aliphatic carbocycles. The molecule has 2 rings (SSSR count). The fraction of sp³-hybridized carbons (Fsp3) is 0.600. The highest BCUT2D eigenvalue weighted by atomic mass is 35.5. The van der Waals surface area contributed by atoms with Gasteiger partial charge in [0.1, 0.15) is 0 Å². The number of thiol groups is 1. The number of aliphatic hydroxyl groups is 1. The van der Waals surface area contributed by atoms with Crippen molar-refractivity contribution in [1.29, 1.82) is 0 Å². The molecule has 0 radical (unpaired) electrons. The lowest BCUT2D eigenvalue weighted by atomic mass is 9.71. The quantitative estimate of drug-likeness (QED) is 0.728. The normalized spacial score (nSPS) is 22.1. The third-order valence-electron chi connectivity index (χ3n) is 3.82. The largest absolute Gasteiger partial charge is 0.396 e. The van der Waals surface area contributed by atoms with E-state index in [2.05, 4.69) is 24.0 Å². The molecule has 2 N–H and O–H groups in total. The molecule has 0 spiro atoms. The van der Waals surface area contributed by atoms with Gasteiger partial charge in [-0.2, -0.15) is 12.6 Å². The SMILES string of the molecule is CS.OCCCC1(c2ccc(Cl)c(Cl)c2)CCCNC1. The Morgan fingerprint density at radius 2 is 2.05 bits per heavy atom. The van der Waals surface area contributed by atoms with Crippen LogP contribution in [0.25, 0.3) is 0 Å². The van der Waals surface area contributed by atoms with Gasteiger partial charge in [-0.05, 0) is 56.2 Å². The summed E-state index contributed by atoms with van der Waals surface area (Å²) >= 11 is 15.6. The Bertz CT molecular complexity index is 409. The first-order valence-corrected chi connectivity index (χ1v) is 8.55. The van der Waals surface area contributed by atoms with Crippen LogP contribution in [0.5, 0.6) is 0 Å². The third-order valence-corrected chi connectivity index (χ3v) is 4.56. The lowest BCUT2D eigenvalue weighted by Crippen LogP contribution is -2.43. The molecule has 1 aromatic rings.